The molecule has 3 fully saturated rings. The molecule has 6 heterocycles. The minimum atomic E-state index is -1.06. The molecule has 21 heteroatoms. The predicted molar refractivity (Wildman–Crippen MR) is 223 cm³/mol. The first-order valence-electron chi connectivity index (χ1n) is 21.0. The molecule has 2 saturated heterocycles. The Morgan fingerprint density at radius 1 is 0.889 bits per heavy atom. The summed E-state index contributed by atoms with van der Waals surface area (Å²) in [5.41, 5.74) is 3.31. The van der Waals surface area contributed by atoms with E-state index in [1.807, 2.05) is 23.6 Å². The number of aromatic nitrogens is 5. The highest BCUT2D eigenvalue weighted by Gasteiger charge is 2.44. The number of pyridine rings is 1. The van der Waals surface area contributed by atoms with Crippen LogP contribution in [0.5, 0.6) is 0 Å². The van der Waals surface area contributed by atoms with Gasteiger partial charge in [-0.1, -0.05) is 6.07 Å². The molecule has 1 unspecified atom stereocenters. The third-order valence-corrected chi connectivity index (χ3v) is 11.6. The summed E-state index contributed by atoms with van der Waals surface area (Å²) < 4.78 is 13.1. The van der Waals surface area contributed by atoms with Crippen LogP contribution in [0.4, 0.5) is 11.5 Å². The van der Waals surface area contributed by atoms with Crippen LogP contribution in [0.1, 0.15) is 81.5 Å². The molecule has 330 valence electrons. The number of likely N-dealkylation sites (tertiary alicyclic amines) is 1. The van der Waals surface area contributed by atoms with Crippen LogP contribution in [0, 0.1) is 6.92 Å². The average molecular weight is 865 g/mol. The fraction of sp³-hybridized carbons (Fsp3) is 0.452. The van der Waals surface area contributed by atoms with Gasteiger partial charge in [0, 0.05) is 55.6 Å². The molecule has 0 spiro atoms. The van der Waals surface area contributed by atoms with Gasteiger partial charge in [0.2, 0.25) is 23.6 Å². The Balaban J connectivity index is 0.675. The van der Waals surface area contributed by atoms with Crippen LogP contribution in [-0.2, 0) is 28.7 Å². The van der Waals surface area contributed by atoms with Crippen molar-refractivity contribution in [1.82, 2.24) is 50.3 Å². The zero-order chi connectivity index (χ0) is 44.0. The Hall–Kier alpha value is -6.87. The van der Waals surface area contributed by atoms with Crippen molar-refractivity contribution >= 4 is 64.0 Å². The van der Waals surface area contributed by atoms with Crippen LogP contribution in [0.15, 0.2) is 49.1 Å². The van der Waals surface area contributed by atoms with Gasteiger partial charge in [-0.15, -0.1) is 0 Å². The summed E-state index contributed by atoms with van der Waals surface area (Å²) >= 11 is 0. The van der Waals surface area contributed by atoms with Crippen LogP contribution >= 0.6 is 0 Å². The largest absolute Gasteiger partial charge is 0.377 e. The van der Waals surface area contributed by atoms with Gasteiger partial charge >= 0.3 is 0 Å². The second-order valence-corrected chi connectivity index (χ2v) is 15.9. The van der Waals surface area contributed by atoms with E-state index in [2.05, 4.69) is 46.5 Å². The average Bonchev–Trinajstić information content (AvgIpc) is 3.80. The highest BCUT2D eigenvalue weighted by Crippen LogP contribution is 2.35. The molecule has 0 radical (unpaired) electrons. The van der Waals surface area contributed by atoms with E-state index in [1.165, 1.54) is 18.5 Å². The molecule has 63 heavy (non-hydrogen) atoms. The lowest BCUT2D eigenvalue weighted by molar-refractivity contribution is -0.138. The van der Waals surface area contributed by atoms with Gasteiger partial charge in [0.05, 0.1) is 43.8 Å². The van der Waals surface area contributed by atoms with Gasteiger partial charge in [-0.05, 0) is 69.4 Å². The summed E-state index contributed by atoms with van der Waals surface area (Å²) in [5.74, 6) is -2.33. The van der Waals surface area contributed by atoms with Crippen LogP contribution in [-0.4, -0.2) is 146 Å². The van der Waals surface area contributed by atoms with Crippen molar-refractivity contribution < 1.29 is 43.0 Å². The number of rotatable bonds is 17. The molecule has 1 aromatic carbocycles. The lowest BCUT2D eigenvalue weighted by Crippen LogP contribution is -2.54. The first kappa shape index (κ1) is 42.8. The van der Waals surface area contributed by atoms with Crippen molar-refractivity contribution in [1.29, 1.82) is 0 Å². The molecule has 1 atom stereocenters. The number of piperidine rings is 2. The molecule has 5 N–H and O–H groups in total. The molecular formula is C42H48N12O9. The van der Waals surface area contributed by atoms with Crippen LogP contribution in [0.2, 0.25) is 0 Å². The number of carbonyl (C=O) groups excluding carboxylic acids is 7. The first-order valence-corrected chi connectivity index (χ1v) is 21.0. The van der Waals surface area contributed by atoms with Crippen molar-refractivity contribution in [2.75, 3.05) is 63.2 Å². The number of carbonyl (C=O) groups is 7. The van der Waals surface area contributed by atoms with Crippen LogP contribution < -0.4 is 26.6 Å². The summed E-state index contributed by atoms with van der Waals surface area (Å²) in [6.45, 7) is 3.71. The summed E-state index contributed by atoms with van der Waals surface area (Å²) in [5, 5.41) is 14.4. The molecule has 0 bridgehead atoms. The number of hydrogen-bond acceptors (Lipinski definition) is 15. The van der Waals surface area contributed by atoms with Gasteiger partial charge in [-0.25, -0.2) is 19.9 Å². The number of imide groups is 2. The van der Waals surface area contributed by atoms with E-state index in [0.29, 0.717) is 35.8 Å². The number of nitrogens with one attached hydrogen (secondary N) is 5. The van der Waals surface area contributed by atoms with Crippen molar-refractivity contribution in [2.24, 2.45) is 0 Å². The van der Waals surface area contributed by atoms with E-state index in [9.17, 15) is 33.6 Å². The number of fused-ring (bicyclic) bond motifs is 2. The maximum Gasteiger partial charge on any atom is 0.270 e. The quantitative estimate of drug-likeness (QED) is 0.0724. The minimum absolute atomic E-state index is 0.0284. The molecule has 8 rings (SSSR count). The smallest absolute Gasteiger partial charge is 0.270 e. The van der Waals surface area contributed by atoms with Gasteiger partial charge in [0.1, 0.15) is 30.2 Å². The van der Waals surface area contributed by atoms with Gasteiger partial charge in [-0.2, -0.15) is 0 Å². The number of hydrogen-bond donors (Lipinski definition) is 5. The number of aryl methyl sites for hydroxylation is 1. The number of anilines is 2. The molecule has 7 amide bonds. The van der Waals surface area contributed by atoms with E-state index in [-0.39, 0.29) is 99.3 Å². The lowest BCUT2D eigenvalue weighted by atomic mass is 9.86. The summed E-state index contributed by atoms with van der Waals surface area (Å²) in [4.78, 5) is 108. The Bertz CT molecular complexity index is 2430. The summed E-state index contributed by atoms with van der Waals surface area (Å²) in [6.07, 6.45) is 6.35. The summed E-state index contributed by atoms with van der Waals surface area (Å²) in [6, 6.07) is 9.11. The SMILES string of the molecule is Cc1cccc(C(=O)NC2CC(n3cnc4c(NC5CCN(C(=O)COCCOCCNC(=O)CNc6ccc7c(c6)C(=O)N(C6CCC(=O)NC6=O)C7=O)CC5)ncnc43)C2)n1. The fourth-order valence-corrected chi connectivity index (χ4v) is 8.11. The van der Waals surface area contributed by atoms with Gasteiger partial charge in [0.25, 0.3) is 17.7 Å². The second kappa shape index (κ2) is 19.0. The zero-order valence-electron chi connectivity index (χ0n) is 34.6. The maximum absolute atomic E-state index is 13.0. The van der Waals surface area contributed by atoms with Gasteiger partial charge < -0.3 is 40.2 Å². The number of amides is 7. The number of nitrogens with zero attached hydrogens (tertiary/aromatic N) is 7. The standard InChI is InChI=1S/C42H48N12O9/c1-24-3-2-4-31(48-24)39(58)50-27-17-28(18-27)53-23-47-36-37(45-22-46-38(36)53)49-25-9-12-52(13-10-25)35(57)21-63-16-15-62-14-11-43-34(56)20-44-26-5-6-29-30(19-26)42(61)54(41(29)60)32-7-8-33(55)51-40(32)59/h2-6,19,22-23,25,27-28,32,44H,7-18,20-21H2,1H3,(H,43,56)(H,50,58)(H,45,46,49)(H,51,55,59). The molecule has 3 aromatic heterocycles. The highest BCUT2D eigenvalue weighted by molar-refractivity contribution is 6.23. The maximum atomic E-state index is 13.0. The Kier molecular flexibility index (Phi) is 12.9. The van der Waals surface area contributed by atoms with E-state index >= 15 is 0 Å². The van der Waals surface area contributed by atoms with Gasteiger partial charge in [-0.3, -0.25) is 43.8 Å². The third kappa shape index (κ3) is 9.78. The number of benzene rings is 1. The molecule has 4 aliphatic rings. The minimum Gasteiger partial charge on any atom is -0.377 e. The molecule has 3 aliphatic heterocycles. The molecule has 1 saturated carbocycles. The lowest BCUT2D eigenvalue weighted by Gasteiger charge is -2.36. The number of imidazole rings is 1. The van der Waals surface area contributed by atoms with Gasteiger partial charge in [0.15, 0.2) is 11.5 Å². The molecule has 21 nitrogen and oxygen atoms in total. The monoisotopic (exact) mass is 864 g/mol. The van der Waals surface area contributed by atoms with Crippen molar-refractivity contribution in [3.8, 4) is 0 Å². The zero-order valence-corrected chi connectivity index (χ0v) is 34.6. The van der Waals surface area contributed by atoms with Crippen LogP contribution in [0.25, 0.3) is 11.2 Å². The highest BCUT2D eigenvalue weighted by atomic mass is 16.5. The summed E-state index contributed by atoms with van der Waals surface area (Å²) in [7, 11) is 0. The fourth-order valence-electron chi connectivity index (χ4n) is 8.11. The Labute approximate surface area is 361 Å². The van der Waals surface area contributed by atoms with E-state index < -0.39 is 29.7 Å². The van der Waals surface area contributed by atoms with E-state index in [0.717, 1.165) is 41.9 Å². The molecular weight excluding hydrogens is 817 g/mol. The predicted octanol–water partition coefficient (Wildman–Crippen LogP) is 0.729. The topological polar surface area (TPSA) is 261 Å². The normalized spacial score (nSPS) is 20.0. The molecule has 1 aliphatic carbocycles. The van der Waals surface area contributed by atoms with Crippen molar-refractivity contribution in [2.45, 2.75) is 69.6 Å². The van der Waals surface area contributed by atoms with Crippen LogP contribution in [0.3, 0.4) is 0 Å². The first-order chi connectivity index (χ1) is 30.5. The Morgan fingerprint density at radius 2 is 1.68 bits per heavy atom. The van der Waals surface area contributed by atoms with E-state index in [4.69, 9.17) is 9.47 Å². The van der Waals surface area contributed by atoms with Crippen molar-refractivity contribution in [3.63, 3.8) is 0 Å². The number of ether oxygens (including phenoxy) is 2. The molecule has 4 aromatic rings. The Morgan fingerprint density at radius 3 is 2.48 bits per heavy atom. The second-order valence-electron chi connectivity index (χ2n) is 15.9. The van der Waals surface area contributed by atoms with Crippen molar-refractivity contribution in [3.05, 3.63) is 71.6 Å². The third-order valence-electron chi connectivity index (χ3n) is 11.6. The van der Waals surface area contributed by atoms with E-state index in [1.54, 1.807) is 23.4 Å².